The zero-order chi connectivity index (χ0) is 21.5. The first-order chi connectivity index (χ1) is 15.2. The smallest absolute Gasteiger partial charge is 0.227 e. The molecule has 4 heterocycles. The van der Waals surface area contributed by atoms with Crippen LogP contribution >= 0.6 is 0 Å². The standard InChI is InChI=1S/C26H36N4O/c1-21-5-2-9-25(28-21)29-15-10-22(11-16-29)6-3-7-23-12-17-30(18-13-23)26(31)19-24-8-4-14-27-20-24/h2,4-5,8-9,14,20,22-23H,3,6-7,10-13,15-19H2,1H3. The Morgan fingerprint density at radius 3 is 2.32 bits per heavy atom. The number of nitrogens with zero attached hydrogens (tertiary/aromatic N) is 4. The largest absolute Gasteiger partial charge is 0.357 e. The third kappa shape index (κ3) is 6.28. The Kier molecular flexibility index (Phi) is 7.55. The molecular formula is C26H36N4O. The molecule has 0 aromatic carbocycles. The van der Waals surface area contributed by atoms with Gasteiger partial charge < -0.3 is 9.80 Å². The van der Waals surface area contributed by atoms with Crippen molar-refractivity contribution in [1.29, 1.82) is 0 Å². The lowest BCUT2D eigenvalue weighted by atomic mass is 9.87. The Morgan fingerprint density at radius 1 is 0.968 bits per heavy atom. The van der Waals surface area contributed by atoms with Gasteiger partial charge in [-0.25, -0.2) is 4.98 Å². The van der Waals surface area contributed by atoms with E-state index >= 15 is 0 Å². The van der Waals surface area contributed by atoms with Crippen LogP contribution in [0.1, 0.15) is 56.2 Å². The molecule has 0 unspecified atom stereocenters. The van der Waals surface area contributed by atoms with Crippen LogP contribution in [0.2, 0.25) is 0 Å². The second kappa shape index (κ2) is 10.7. The highest BCUT2D eigenvalue weighted by atomic mass is 16.2. The fourth-order valence-electron chi connectivity index (χ4n) is 5.11. The number of piperidine rings is 2. The summed E-state index contributed by atoms with van der Waals surface area (Å²) in [5, 5.41) is 0. The first-order valence-electron chi connectivity index (χ1n) is 12.0. The lowest BCUT2D eigenvalue weighted by Gasteiger charge is -2.34. The van der Waals surface area contributed by atoms with Crippen LogP contribution in [-0.4, -0.2) is 47.0 Å². The van der Waals surface area contributed by atoms with Gasteiger partial charge in [-0.15, -0.1) is 0 Å². The molecule has 0 aliphatic carbocycles. The summed E-state index contributed by atoms with van der Waals surface area (Å²) in [4.78, 5) is 25.8. The third-order valence-electron chi connectivity index (χ3n) is 7.08. The zero-order valence-corrected chi connectivity index (χ0v) is 18.9. The minimum atomic E-state index is 0.251. The molecule has 0 saturated carbocycles. The van der Waals surface area contributed by atoms with Crippen LogP contribution in [0.25, 0.3) is 0 Å². The molecule has 2 aromatic rings. The van der Waals surface area contributed by atoms with Crippen molar-refractivity contribution in [2.45, 2.75) is 58.3 Å². The van der Waals surface area contributed by atoms with Crippen molar-refractivity contribution < 1.29 is 4.79 Å². The minimum absolute atomic E-state index is 0.251. The van der Waals surface area contributed by atoms with Crippen LogP contribution in [0.15, 0.2) is 42.7 Å². The topological polar surface area (TPSA) is 49.3 Å². The molecule has 0 atom stereocenters. The van der Waals surface area contributed by atoms with Crippen LogP contribution in [0.5, 0.6) is 0 Å². The highest BCUT2D eigenvalue weighted by Crippen LogP contribution is 2.28. The van der Waals surface area contributed by atoms with Gasteiger partial charge in [0, 0.05) is 44.3 Å². The zero-order valence-electron chi connectivity index (χ0n) is 18.9. The summed E-state index contributed by atoms with van der Waals surface area (Å²) in [5.74, 6) is 3.05. The normalized spacial score (nSPS) is 18.4. The number of rotatable bonds is 7. The van der Waals surface area contributed by atoms with E-state index in [9.17, 15) is 4.79 Å². The van der Waals surface area contributed by atoms with E-state index in [1.54, 1.807) is 12.4 Å². The minimum Gasteiger partial charge on any atom is -0.357 e. The van der Waals surface area contributed by atoms with Gasteiger partial charge in [-0.05, 0) is 68.2 Å². The maximum Gasteiger partial charge on any atom is 0.227 e. The predicted octanol–water partition coefficient (Wildman–Crippen LogP) is 4.65. The molecule has 5 nitrogen and oxygen atoms in total. The lowest BCUT2D eigenvalue weighted by molar-refractivity contribution is -0.131. The number of carbonyl (C=O) groups is 1. The first-order valence-corrected chi connectivity index (χ1v) is 12.0. The molecule has 0 radical (unpaired) electrons. The number of likely N-dealkylation sites (tertiary alicyclic amines) is 1. The van der Waals surface area contributed by atoms with Gasteiger partial charge in [0.05, 0.1) is 6.42 Å². The summed E-state index contributed by atoms with van der Waals surface area (Å²) in [5.41, 5.74) is 2.11. The number of hydrogen-bond acceptors (Lipinski definition) is 4. The average Bonchev–Trinajstić information content (AvgIpc) is 2.81. The third-order valence-corrected chi connectivity index (χ3v) is 7.08. The molecule has 2 aromatic heterocycles. The SMILES string of the molecule is Cc1cccc(N2CCC(CCCC3CCN(C(=O)Cc4cccnc4)CC3)CC2)n1. The molecule has 2 fully saturated rings. The predicted molar refractivity (Wildman–Crippen MR) is 125 cm³/mol. The molecular weight excluding hydrogens is 384 g/mol. The highest BCUT2D eigenvalue weighted by Gasteiger charge is 2.24. The molecule has 31 heavy (non-hydrogen) atoms. The van der Waals surface area contributed by atoms with Gasteiger partial charge in [0.15, 0.2) is 0 Å². The molecule has 5 heteroatoms. The van der Waals surface area contributed by atoms with Crippen molar-refractivity contribution in [1.82, 2.24) is 14.9 Å². The van der Waals surface area contributed by atoms with Crippen molar-refractivity contribution >= 4 is 11.7 Å². The Labute approximate surface area is 186 Å². The van der Waals surface area contributed by atoms with Crippen molar-refractivity contribution in [2.24, 2.45) is 11.8 Å². The second-order valence-electron chi connectivity index (χ2n) is 9.36. The number of aryl methyl sites for hydroxylation is 1. The number of hydrogen-bond donors (Lipinski definition) is 0. The number of pyridine rings is 2. The molecule has 2 saturated heterocycles. The summed E-state index contributed by atoms with van der Waals surface area (Å²) in [7, 11) is 0. The Morgan fingerprint density at radius 2 is 1.68 bits per heavy atom. The first kappa shape index (κ1) is 21.8. The molecule has 1 amide bonds. The van der Waals surface area contributed by atoms with Crippen LogP contribution < -0.4 is 4.90 Å². The van der Waals surface area contributed by atoms with Crippen LogP contribution in [0, 0.1) is 18.8 Å². The van der Waals surface area contributed by atoms with E-state index in [4.69, 9.17) is 0 Å². The molecule has 2 aliphatic rings. The lowest BCUT2D eigenvalue weighted by Crippen LogP contribution is -2.39. The molecule has 0 N–H and O–H groups in total. The van der Waals surface area contributed by atoms with Crippen LogP contribution in [0.4, 0.5) is 5.82 Å². The fourth-order valence-corrected chi connectivity index (χ4v) is 5.11. The fraction of sp³-hybridized carbons (Fsp3) is 0.577. The number of anilines is 1. The summed E-state index contributed by atoms with van der Waals surface area (Å²) in [6, 6.07) is 10.2. The van der Waals surface area contributed by atoms with E-state index in [1.165, 1.54) is 32.1 Å². The van der Waals surface area contributed by atoms with E-state index < -0.39 is 0 Å². The Bertz CT molecular complexity index is 824. The number of aromatic nitrogens is 2. The van der Waals surface area contributed by atoms with Gasteiger partial charge in [-0.1, -0.05) is 31.4 Å². The maximum absolute atomic E-state index is 12.5. The average molecular weight is 421 g/mol. The molecule has 0 bridgehead atoms. The van der Waals surface area contributed by atoms with Gasteiger partial charge in [-0.2, -0.15) is 0 Å². The van der Waals surface area contributed by atoms with Gasteiger partial charge >= 0.3 is 0 Å². The van der Waals surface area contributed by atoms with Crippen molar-refractivity contribution in [3.63, 3.8) is 0 Å². The van der Waals surface area contributed by atoms with E-state index in [-0.39, 0.29) is 5.91 Å². The summed E-state index contributed by atoms with van der Waals surface area (Å²) in [6.45, 7) is 6.19. The highest BCUT2D eigenvalue weighted by molar-refractivity contribution is 5.78. The molecule has 2 aliphatic heterocycles. The molecule has 166 valence electrons. The maximum atomic E-state index is 12.5. The van der Waals surface area contributed by atoms with E-state index in [2.05, 4.69) is 44.9 Å². The Balaban J connectivity index is 1.11. The van der Waals surface area contributed by atoms with Gasteiger partial charge in [0.25, 0.3) is 0 Å². The Hall–Kier alpha value is -2.43. The quantitative estimate of drug-likeness (QED) is 0.654. The van der Waals surface area contributed by atoms with E-state index in [0.717, 1.165) is 67.9 Å². The molecule has 4 rings (SSSR count). The number of amides is 1. The van der Waals surface area contributed by atoms with Crippen molar-refractivity contribution in [3.8, 4) is 0 Å². The summed E-state index contributed by atoms with van der Waals surface area (Å²) in [6.07, 6.45) is 13.0. The summed E-state index contributed by atoms with van der Waals surface area (Å²) >= 11 is 0. The van der Waals surface area contributed by atoms with Gasteiger partial charge in [0.1, 0.15) is 5.82 Å². The van der Waals surface area contributed by atoms with Crippen molar-refractivity contribution in [3.05, 3.63) is 54.0 Å². The molecule has 0 spiro atoms. The van der Waals surface area contributed by atoms with Gasteiger partial charge in [0.2, 0.25) is 5.91 Å². The second-order valence-corrected chi connectivity index (χ2v) is 9.36. The monoisotopic (exact) mass is 420 g/mol. The van der Waals surface area contributed by atoms with Crippen molar-refractivity contribution in [2.75, 3.05) is 31.1 Å². The number of carbonyl (C=O) groups excluding carboxylic acids is 1. The van der Waals surface area contributed by atoms with Crippen LogP contribution in [0.3, 0.4) is 0 Å². The van der Waals surface area contributed by atoms with E-state index in [0.29, 0.717) is 6.42 Å². The summed E-state index contributed by atoms with van der Waals surface area (Å²) < 4.78 is 0. The van der Waals surface area contributed by atoms with Gasteiger partial charge in [-0.3, -0.25) is 9.78 Å². The van der Waals surface area contributed by atoms with E-state index in [1.807, 2.05) is 12.1 Å². The van der Waals surface area contributed by atoms with Crippen LogP contribution in [-0.2, 0) is 11.2 Å².